The van der Waals surface area contributed by atoms with Crippen LogP contribution in [0.2, 0.25) is 0 Å². The highest BCUT2D eigenvalue weighted by atomic mass is 14.9. The molecule has 0 aliphatic carbocycles. The number of hydrogen-bond donors (Lipinski definition) is 2. The predicted octanol–water partition coefficient (Wildman–Crippen LogP) is 1.04. The molecule has 0 bridgehead atoms. The molecule has 60 valence electrons. The van der Waals surface area contributed by atoms with Crippen molar-refractivity contribution in [1.29, 1.82) is 5.41 Å². The predicted molar refractivity (Wildman–Crippen MR) is 48.7 cm³/mol. The van der Waals surface area contributed by atoms with Crippen LogP contribution in [0.5, 0.6) is 0 Å². The molecule has 2 rings (SSSR count). The Hall–Kier alpha value is -1.64. The lowest BCUT2D eigenvalue weighted by Gasteiger charge is -2.01. The number of aliphatic imine (C=N–C) groups is 1. The van der Waals surface area contributed by atoms with Crippen molar-refractivity contribution in [2.24, 2.45) is 10.7 Å². The van der Waals surface area contributed by atoms with E-state index >= 15 is 0 Å². The minimum absolute atomic E-state index is 0.270. The number of rotatable bonds is 0. The van der Waals surface area contributed by atoms with Crippen LogP contribution in [0.4, 0.5) is 0 Å². The number of hydrogen-bond acceptors (Lipinski definition) is 2. The molecule has 0 spiro atoms. The van der Waals surface area contributed by atoms with Crippen LogP contribution in [0, 0.1) is 12.3 Å². The van der Waals surface area contributed by atoms with Gasteiger partial charge in [-0.05, 0) is 12.5 Å². The Labute approximate surface area is 70.4 Å². The summed E-state index contributed by atoms with van der Waals surface area (Å²) in [5.74, 6) is 0.735. The van der Waals surface area contributed by atoms with E-state index in [0.29, 0.717) is 5.84 Å². The number of fused-ring (bicyclic) bond motifs is 1. The van der Waals surface area contributed by atoms with Gasteiger partial charge >= 0.3 is 0 Å². The molecule has 1 aliphatic rings. The summed E-state index contributed by atoms with van der Waals surface area (Å²) in [7, 11) is 0. The van der Waals surface area contributed by atoms with E-state index in [0.717, 1.165) is 16.7 Å². The maximum Gasteiger partial charge on any atom is 0.154 e. The van der Waals surface area contributed by atoms with Gasteiger partial charge < -0.3 is 5.73 Å². The summed E-state index contributed by atoms with van der Waals surface area (Å²) in [4.78, 5) is 3.90. The molecular formula is C9H9N3. The third-order valence-electron chi connectivity index (χ3n) is 2.02. The zero-order chi connectivity index (χ0) is 8.72. The highest BCUT2D eigenvalue weighted by Crippen LogP contribution is 2.19. The van der Waals surface area contributed by atoms with Crippen molar-refractivity contribution >= 4 is 11.7 Å². The van der Waals surface area contributed by atoms with Gasteiger partial charge in [0.25, 0.3) is 0 Å². The van der Waals surface area contributed by atoms with Crippen LogP contribution in [0.3, 0.4) is 0 Å². The van der Waals surface area contributed by atoms with Gasteiger partial charge in [0.1, 0.15) is 5.84 Å². The Morgan fingerprint density at radius 3 is 2.83 bits per heavy atom. The van der Waals surface area contributed by atoms with Crippen molar-refractivity contribution in [3.05, 3.63) is 34.9 Å². The molecule has 0 aromatic heterocycles. The van der Waals surface area contributed by atoms with Gasteiger partial charge in [0.05, 0.1) is 0 Å². The minimum Gasteiger partial charge on any atom is -0.383 e. The number of amidine groups is 2. The fourth-order valence-electron chi connectivity index (χ4n) is 1.44. The molecule has 0 atom stereocenters. The van der Waals surface area contributed by atoms with E-state index in [4.69, 9.17) is 11.1 Å². The first kappa shape index (κ1) is 7.03. The van der Waals surface area contributed by atoms with Gasteiger partial charge in [-0.15, -0.1) is 0 Å². The van der Waals surface area contributed by atoms with Crippen LogP contribution in [0.15, 0.2) is 23.2 Å². The zero-order valence-electron chi connectivity index (χ0n) is 6.76. The molecule has 0 amide bonds. The molecule has 1 heterocycles. The lowest BCUT2D eigenvalue weighted by atomic mass is 10.0. The lowest BCUT2D eigenvalue weighted by molar-refractivity contribution is 1.41. The molecule has 1 aromatic carbocycles. The molecule has 0 unspecified atom stereocenters. The van der Waals surface area contributed by atoms with E-state index in [1.807, 2.05) is 25.1 Å². The molecule has 3 heteroatoms. The van der Waals surface area contributed by atoms with Gasteiger partial charge in [0, 0.05) is 11.1 Å². The van der Waals surface area contributed by atoms with Crippen molar-refractivity contribution in [2.45, 2.75) is 6.92 Å². The van der Waals surface area contributed by atoms with Crippen molar-refractivity contribution in [2.75, 3.05) is 0 Å². The highest BCUT2D eigenvalue weighted by molar-refractivity contribution is 6.21. The number of aryl methyl sites for hydroxylation is 1. The summed E-state index contributed by atoms with van der Waals surface area (Å²) in [6.07, 6.45) is 0. The van der Waals surface area contributed by atoms with Crippen LogP contribution in [0.1, 0.15) is 16.7 Å². The van der Waals surface area contributed by atoms with Gasteiger partial charge in [0.2, 0.25) is 0 Å². The summed E-state index contributed by atoms with van der Waals surface area (Å²) < 4.78 is 0. The van der Waals surface area contributed by atoms with Crippen molar-refractivity contribution < 1.29 is 0 Å². The van der Waals surface area contributed by atoms with Gasteiger partial charge in [-0.3, -0.25) is 5.41 Å². The van der Waals surface area contributed by atoms with Crippen molar-refractivity contribution in [3.8, 4) is 0 Å². The average molecular weight is 159 g/mol. The molecule has 0 fully saturated rings. The lowest BCUT2D eigenvalue weighted by Crippen LogP contribution is -2.11. The molecule has 3 nitrogen and oxygen atoms in total. The number of nitrogens with zero attached hydrogens (tertiary/aromatic N) is 1. The molecule has 1 aliphatic heterocycles. The van der Waals surface area contributed by atoms with E-state index < -0.39 is 0 Å². The first-order valence-corrected chi connectivity index (χ1v) is 3.73. The molecule has 3 N–H and O–H groups in total. The average Bonchev–Trinajstić information content (AvgIpc) is 2.29. The van der Waals surface area contributed by atoms with Crippen molar-refractivity contribution in [3.63, 3.8) is 0 Å². The Kier molecular flexibility index (Phi) is 1.27. The van der Waals surface area contributed by atoms with Crippen LogP contribution in [-0.4, -0.2) is 11.7 Å². The van der Waals surface area contributed by atoms with Crippen LogP contribution in [-0.2, 0) is 0 Å². The van der Waals surface area contributed by atoms with E-state index in [1.54, 1.807) is 0 Å². The topological polar surface area (TPSA) is 62.2 Å². The van der Waals surface area contributed by atoms with Crippen LogP contribution in [0.25, 0.3) is 0 Å². The maximum absolute atomic E-state index is 7.49. The van der Waals surface area contributed by atoms with Crippen LogP contribution >= 0.6 is 0 Å². The number of nitrogens with two attached hydrogens (primary N) is 1. The molecule has 1 aromatic rings. The standard InChI is InChI=1S/C9H9N3/c1-5-3-2-4-6-7(5)9(11)12-8(6)10/h2-4H,1H3,(H3,10,11,12). The fourth-order valence-corrected chi connectivity index (χ4v) is 1.44. The molecule has 0 saturated heterocycles. The van der Waals surface area contributed by atoms with E-state index in [9.17, 15) is 0 Å². The first-order valence-electron chi connectivity index (χ1n) is 3.73. The Balaban J connectivity index is 2.77. The first-order chi connectivity index (χ1) is 5.70. The summed E-state index contributed by atoms with van der Waals surface area (Å²) in [6.45, 7) is 1.97. The van der Waals surface area contributed by atoms with Crippen LogP contribution < -0.4 is 5.73 Å². The smallest absolute Gasteiger partial charge is 0.154 e. The van der Waals surface area contributed by atoms with E-state index in [-0.39, 0.29) is 5.84 Å². The Morgan fingerprint density at radius 2 is 2.17 bits per heavy atom. The quantitative estimate of drug-likeness (QED) is 0.583. The molecule has 12 heavy (non-hydrogen) atoms. The Morgan fingerprint density at radius 1 is 1.42 bits per heavy atom. The van der Waals surface area contributed by atoms with Gasteiger partial charge in [-0.2, -0.15) is 0 Å². The second-order valence-corrected chi connectivity index (χ2v) is 2.84. The molecule has 0 saturated carbocycles. The monoisotopic (exact) mass is 159 g/mol. The Bertz CT molecular complexity index is 391. The summed E-state index contributed by atoms with van der Waals surface area (Å²) in [5.41, 5.74) is 8.49. The number of benzene rings is 1. The molecule has 0 radical (unpaired) electrons. The summed E-state index contributed by atoms with van der Waals surface area (Å²) in [5, 5.41) is 7.49. The third kappa shape index (κ3) is 0.763. The van der Waals surface area contributed by atoms with Gasteiger partial charge in [0.15, 0.2) is 5.84 Å². The zero-order valence-corrected chi connectivity index (χ0v) is 6.76. The number of nitrogens with one attached hydrogen (secondary N) is 1. The third-order valence-corrected chi connectivity index (χ3v) is 2.02. The van der Waals surface area contributed by atoms with E-state index in [2.05, 4.69) is 4.99 Å². The van der Waals surface area contributed by atoms with Crippen molar-refractivity contribution in [1.82, 2.24) is 0 Å². The second kappa shape index (κ2) is 2.17. The van der Waals surface area contributed by atoms with Gasteiger partial charge in [-0.25, -0.2) is 4.99 Å². The minimum atomic E-state index is 0.270. The summed E-state index contributed by atoms with van der Waals surface area (Å²) in [6, 6.07) is 5.75. The largest absolute Gasteiger partial charge is 0.383 e. The maximum atomic E-state index is 7.49. The normalized spacial score (nSPS) is 14.4. The van der Waals surface area contributed by atoms with Gasteiger partial charge in [-0.1, -0.05) is 18.2 Å². The fraction of sp³-hybridized carbons (Fsp3) is 0.111. The summed E-state index contributed by atoms with van der Waals surface area (Å²) >= 11 is 0. The highest BCUT2D eigenvalue weighted by Gasteiger charge is 2.19. The SMILES string of the molecule is Cc1cccc2c1C(N)=NC2=N. The molecular weight excluding hydrogens is 150 g/mol. The second-order valence-electron chi connectivity index (χ2n) is 2.84. The van der Waals surface area contributed by atoms with E-state index in [1.165, 1.54) is 0 Å².